The predicted molar refractivity (Wildman–Crippen MR) is 207 cm³/mol. The second kappa shape index (κ2) is 11.6. The monoisotopic (exact) mass is 643 g/mol. The van der Waals surface area contributed by atoms with E-state index in [1.807, 2.05) is 6.07 Å². The molecule has 1 aromatic heterocycles. The molecule has 2 heterocycles. The molecular formula is C45H33N3Si. The number of fused-ring (bicyclic) bond motifs is 4. The zero-order valence-electron chi connectivity index (χ0n) is 27.4. The molecule has 0 radical (unpaired) electrons. The fourth-order valence-electron chi connectivity index (χ4n) is 7.36. The lowest BCUT2D eigenvalue weighted by Gasteiger charge is -2.18. The number of rotatable bonds is 5. The fourth-order valence-corrected chi connectivity index (χ4v) is 10.4. The van der Waals surface area contributed by atoms with Gasteiger partial charge in [-0.1, -0.05) is 159 Å². The van der Waals surface area contributed by atoms with Gasteiger partial charge in [0.25, 0.3) is 0 Å². The summed E-state index contributed by atoms with van der Waals surface area (Å²) in [6.45, 7) is 4.89. The SMILES string of the molecule is C[Si]1(C)c2ccccc2-c2cc(-c3nc(-c4ccc5cc(-c6ccccc6)ccc5c4)nc(-c4ccccc4-c4ccccc4)n3)ccc21. The van der Waals surface area contributed by atoms with Crippen LogP contribution in [0.1, 0.15) is 0 Å². The highest BCUT2D eigenvalue weighted by atomic mass is 28.3. The first kappa shape index (κ1) is 29.2. The van der Waals surface area contributed by atoms with E-state index in [1.165, 1.54) is 38.0 Å². The van der Waals surface area contributed by atoms with Crippen LogP contribution in [0.3, 0.4) is 0 Å². The minimum atomic E-state index is -1.78. The molecule has 0 bridgehead atoms. The van der Waals surface area contributed by atoms with Crippen LogP contribution in [-0.2, 0) is 0 Å². The van der Waals surface area contributed by atoms with Crippen molar-refractivity contribution in [2.75, 3.05) is 0 Å². The highest BCUT2D eigenvalue weighted by Gasteiger charge is 2.37. The lowest BCUT2D eigenvalue weighted by Crippen LogP contribution is -2.49. The maximum absolute atomic E-state index is 5.20. The molecular weight excluding hydrogens is 611 g/mol. The van der Waals surface area contributed by atoms with Gasteiger partial charge in [-0.15, -0.1) is 0 Å². The summed E-state index contributed by atoms with van der Waals surface area (Å²) in [7, 11) is -1.78. The van der Waals surface area contributed by atoms with Crippen molar-refractivity contribution in [2.45, 2.75) is 13.1 Å². The standard InChI is InChI=1S/C45H33N3Si/c1-49(2)41-20-12-11-18-38(41)40-29-36(25-26-42(40)49)44-46-43(47-45(48-44)39-19-10-9-17-37(39)31-15-7-4-8-16-31)35-24-23-33-27-32(21-22-34(33)28-35)30-13-5-3-6-14-30/h3-29H,1-2H3. The molecule has 0 spiro atoms. The van der Waals surface area contributed by atoms with Gasteiger partial charge in [0, 0.05) is 16.7 Å². The van der Waals surface area contributed by atoms with Gasteiger partial charge < -0.3 is 0 Å². The van der Waals surface area contributed by atoms with Crippen LogP contribution in [0, 0.1) is 0 Å². The molecule has 0 saturated carbocycles. The Hall–Kier alpha value is -5.97. The summed E-state index contributed by atoms with van der Waals surface area (Å²) in [6, 6.07) is 58.2. The Kier molecular flexibility index (Phi) is 6.92. The van der Waals surface area contributed by atoms with Crippen molar-refractivity contribution in [3.8, 4) is 67.5 Å². The Bertz CT molecular complexity index is 2520. The predicted octanol–water partition coefficient (Wildman–Crippen LogP) is 10.2. The first-order chi connectivity index (χ1) is 24.0. The molecule has 0 amide bonds. The molecule has 3 nitrogen and oxygen atoms in total. The quantitative estimate of drug-likeness (QED) is 0.175. The van der Waals surface area contributed by atoms with Crippen LogP contribution in [0.4, 0.5) is 0 Å². The summed E-state index contributed by atoms with van der Waals surface area (Å²) in [5.41, 5.74) is 10.2. The van der Waals surface area contributed by atoms with Crippen molar-refractivity contribution in [2.24, 2.45) is 0 Å². The van der Waals surface area contributed by atoms with Crippen molar-refractivity contribution in [1.29, 1.82) is 0 Å². The zero-order chi connectivity index (χ0) is 33.0. The third-order valence-electron chi connectivity index (χ3n) is 9.94. The van der Waals surface area contributed by atoms with Gasteiger partial charge in [0.2, 0.25) is 0 Å². The number of hydrogen-bond donors (Lipinski definition) is 0. The molecule has 9 rings (SSSR count). The molecule has 7 aromatic carbocycles. The highest BCUT2D eigenvalue weighted by molar-refractivity contribution is 7.03. The highest BCUT2D eigenvalue weighted by Crippen LogP contribution is 2.35. The Morgan fingerprint density at radius 2 is 0.816 bits per heavy atom. The van der Waals surface area contributed by atoms with Gasteiger partial charge in [-0.25, -0.2) is 15.0 Å². The van der Waals surface area contributed by atoms with Crippen molar-refractivity contribution in [3.63, 3.8) is 0 Å². The largest absolute Gasteiger partial charge is 0.208 e. The van der Waals surface area contributed by atoms with E-state index in [9.17, 15) is 0 Å². The van der Waals surface area contributed by atoms with Gasteiger partial charge in [0.1, 0.15) is 8.07 Å². The fraction of sp³-hybridized carbons (Fsp3) is 0.0444. The molecule has 0 aliphatic carbocycles. The molecule has 0 fully saturated rings. The van der Waals surface area contributed by atoms with E-state index in [4.69, 9.17) is 15.0 Å². The van der Waals surface area contributed by atoms with Crippen LogP contribution in [0.2, 0.25) is 13.1 Å². The van der Waals surface area contributed by atoms with E-state index in [1.54, 1.807) is 0 Å². The van der Waals surface area contributed by atoms with Gasteiger partial charge in [0.05, 0.1) is 0 Å². The zero-order valence-corrected chi connectivity index (χ0v) is 28.4. The van der Waals surface area contributed by atoms with Crippen molar-refractivity contribution in [3.05, 3.63) is 164 Å². The van der Waals surface area contributed by atoms with E-state index in [2.05, 4.69) is 171 Å². The van der Waals surface area contributed by atoms with Gasteiger partial charge in [0.15, 0.2) is 17.5 Å². The van der Waals surface area contributed by atoms with Gasteiger partial charge in [-0.3, -0.25) is 0 Å². The maximum atomic E-state index is 5.20. The summed E-state index contributed by atoms with van der Waals surface area (Å²) in [5.74, 6) is 2.00. The molecule has 4 heteroatoms. The first-order valence-corrected chi connectivity index (χ1v) is 19.8. The lowest BCUT2D eigenvalue weighted by molar-refractivity contribution is 1.08. The van der Waals surface area contributed by atoms with Crippen LogP contribution in [0.25, 0.3) is 78.3 Å². The van der Waals surface area contributed by atoms with E-state index in [0.717, 1.165) is 33.2 Å². The molecule has 49 heavy (non-hydrogen) atoms. The Morgan fingerprint density at radius 1 is 0.327 bits per heavy atom. The molecule has 0 N–H and O–H groups in total. The molecule has 232 valence electrons. The van der Waals surface area contributed by atoms with Crippen molar-refractivity contribution < 1.29 is 0 Å². The minimum absolute atomic E-state index is 0.660. The molecule has 0 atom stereocenters. The summed E-state index contributed by atoms with van der Waals surface area (Å²) >= 11 is 0. The van der Waals surface area contributed by atoms with E-state index in [0.29, 0.717) is 17.5 Å². The molecule has 0 unspecified atom stereocenters. The minimum Gasteiger partial charge on any atom is -0.208 e. The summed E-state index contributed by atoms with van der Waals surface area (Å²) < 4.78 is 0. The van der Waals surface area contributed by atoms with Crippen LogP contribution in [-0.4, -0.2) is 23.0 Å². The summed E-state index contributed by atoms with van der Waals surface area (Å²) in [4.78, 5) is 15.6. The first-order valence-electron chi connectivity index (χ1n) is 16.8. The van der Waals surface area contributed by atoms with Crippen LogP contribution < -0.4 is 10.4 Å². The number of benzene rings is 7. The third-order valence-corrected chi connectivity index (χ3v) is 13.5. The van der Waals surface area contributed by atoms with E-state index >= 15 is 0 Å². The van der Waals surface area contributed by atoms with Gasteiger partial charge in [-0.05, 0) is 72.7 Å². The number of aromatic nitrogens is 3. The third kappa shape index (κ3) is 5.09. The van der Waals surface area contributed by atoms with Crippen LogP contribution in [0.15, 0.2) is 164 Å². The second-order valence-corrected chi connectivity index (χ2v) is 17.6. The Labute approximate surface area is 287 Å². The summed E-state index contributed by atoms with van der Waals surface area (Å²) in [5, 5.41) is 5.28. The normalized spacial score (nSPS) is 12.9. The van der Waals surface area contributed by atoms with Gasteiger partial charge in [-0.2, -0.15) is 0 Å². The van der Waals surface area contributed by atoms with Gasteiger partial charge >= 0.3 is 0 Å². The van der Waals surface area contributed by atoms with Crippen molar-refractivity contribution in [1.82, 2.24) is 15.0 Å². The molecule has 0 saturated heterocycles. The number of nitrogens with zero attached hydrogens (tertiary/aromatic N) is 3. The Morgan fingerprint density at radius 3 is 1.53 bits per heavy atom. The average molecular weight is 644 g/mol. The molecule has 8 aromatic rings. The molecule has 1 aliphatic heterocycles. The maximum Gasteiger partial charge on any atom is 0.164 e. The Balaban J connectivity index is 1.22. The van der Waals surface area contributed by atoms with Crippen LogP contribution >= 0.6 is 0 Å². The second-order valence-electron chi connectivity index (χ2n) is 13.3. The average Bonchev–Trinajstić information content (AvgIpc) is 3.40. The topological polar surface area (TPSA) is 38.7 Å². The molecule has 1 aliphatic rings. The summed E-state index contributed by atoms with van der Waals surface area (Å²) in [6.07, 6.45) is 0. The van der Waals surface area contributed by atoms with E-state index in [-0.39, 0.29) is 0 Å². The lowest BCUT2D eigenvalue weighted by atomic mass is 9.98. The number of hydrogen-bond acceptors (Lipinski definition) is 3. The van der Waals surface area contributed by atoms with Crippen molar-refractivity contribution >= 4 is 29.2 Å². The van der Waals surface area contributed by atoms with Crippen LogP contribution in [0.5, 0.6) is 0 Å². The smallest absolute Gasteiger partial charge is 0.164 e. The van der Waals surface area contributed by atoms with E-state index < -0.39 is 8.07 Å².